The Morgan fingerprint density at radius 2 is 2.04 bits per heavy atom. The van der Waals surface area contributed by atoms with E-state index in [9.17, 15) is 9.59 Å². The third-order valence-electron chi connectivity index (χ3n) is 3.96. The molecule has 0 bridgehead atoms. The van der Waals surface area contributed by atoms with Crippen molar-refractivity contribution in [3.05, 3.63) is 50.6 Å². The molecule has 2 N–H and O–H groups in total. The zero-order valence-electron chi connectivity index (χ0n) is 13.8. The predicted molar refractivity (Wildman–Crippen MR) is 102 cm³/mol. The number of nitrogens with zero attached hydrogens (tertiary/aromatic N) is 2. The molecule has 5 nitrogen and oxygen atoms in total. The molecule has 7 heteroatoms. The van der Waals surface area contributed by atoms with E-state index in [2.05, 4.69) is 6.92 Å². The van der Waals surface area contributed by atoms with Crippen molar-refractivity contribution in [2.24, 2.45) is 5.73 Å². The summed E-state index contributed by atoms with van der Waals surface area (Å²) in [6.07, 6.45) is 1.58. The number of carbonyl (C=O) groups is 1. The van der Waals surface area contributed by atoms with Crippen LogP contribution < -0.4 is 11.3 Å². The van der Waals surface area contributed by atoms with Crippen LogP contribution in [-0.4, -0.2) is 15.5 Å². The maximum absolute atomic E-state index is 13.0. The van der Waals surface area contributed by atoms with Gasteiger partial charge in [-0.1, -0.05) is 18.5 Å². The van der Waals surface area contributed by atoms with Gasteiger partial charge in [0.2, 0.25) is 5.91 Å². The number of benzene rings is 1. The van der Waals surface area contributed by atoms with Crippen molar-refractivity contribution in [1.82, 2.24) is 9.55 Å². The van der Waals surface area contributed by atoms with Crippen LogP contribution in [0, 0.1) is 0 Å². The van der Waals surface area contributed by atoms with Crippen LogP contribution in [0.2, 0.25) is 5.02 Å². The minimum Gasteiger partial charge on any atom is -0.370 e. The average molecular weight is 376 g/mol. The van der Waals surface area contributed by atoms with Gasteiger partial charge in [0.05, 0.1) is 5.39 Å². The van der Waals surface area contributed by atoms with Gasteiger partial charge < -0.3 is 5.73 Å². The minimum atomic E-state index is -0.376. The lowest BCUT2D eigenvalue weighted by Crippen LogP contribution is -2.24. The highest BCUT2D eigenvalue weighted by Crippen LogP contribution is 2.26. The van der Waals surface area contributed by atoms with E-state index < -0.39 is 0 Å². The molecule has 25 heavy (non-hydrogen) atoms. The zero-order valence-corrected chi connectivity index (χ0v) is 15.4. The summed E-state index contributed by atoms with van der Waals surface area (Å²) in [6, 6.07) is 9.13. The monoisotopic (exact) mass is 375 g/mol. The molecule has 1 aromatic carbocycles. The van der Waals surface area contributed by atoms with Gasteiger partial charge in [-0.15, -0.1) is 11.3 Å². The molecule has 3 aromatic rings. The van der Waals surface area contributed by atoms with Crippen molar-refractivity contribution in [1.29, 1.82) is 0 Å². The van der Waals surface area contributed by atoms with Crippen molar-refractivity contribution in [3.8, 4) is 11.4 Å². The Morgan fingerprint density at radius 1 is 1.32 bits per heavy atom. The minimum absolute atomic E-state index is 0.0876. The first-order chi connectivity index (χ1) is 12.0. The highest BCUT2D eigenvalue weighted by atomic mass is 35.5. The molecule has 0 spiro atoms. The van der Waals surface area contributed by atoms with E-state index in [0.29, 0.717) is 29.2 Å². The van der Waals surface area contributed by atoms with Gasteiger partial charge in [-0.2, -0.15) is 0 Å². The fourth-order valence-corrected chi connectivity index (χ4v) is 3.76. The van der Waals surface area contributed by atoms with Crippen molar-refractivity contribution < 1.29 is 4.79 Å². The lowest BCUT2D eigenvalue weighted by molar-refractivity contribution is -0.118. The van der Waals surface area contributed by atoms with E-state index >= 15 is 0 Å². The van der Waals surface area contributed by atoms with E-state index in [1.807, 2.05) is 18.2 Å². The molecule has 2 aromatic heterocycles. The van der Waals surface area contributed by atoms with Gasteiger partial charge in [0, 0.05) is 28.4 Å². The van der Waals surface area contributed by atoms with E-state index in [4.69, 9.17) is 22.3 Å². The number of aryl methyl sites for hydroxylation is 1. The van der Waals surface area contributed by atoms with E-state index in [1.165, 1.54) is 11.3 Å². The van der Waals surface area contributed by atoms with Gasteiger partial charge in [0.25, 0.3) is 5.56 Å². The molecule has 3 rings (SSSR count). The Labute approximate surface area is 154 Å². The number of nitrogens with two attached hydrogens (primary N) is 1. The highest BCUT2D eigenvalue weighted by Gasteiger charge is 2.15. The number of hydrogen-bond donors (Lipinski definition) is 1. The topological polar surface area (TPSA) is 78.0 Å². The lowest BCUT2D eigenvalue weighted by Gasteiger charge is -2.12. The normalized spacial score (nSPS) is 11.1. The fourth-order valence-electron chi connectivity index (χ4n) is 2.68. The first kappa shape index (κ1) is 17.6. The molecule has 0 saturated carbocycles. The van der Waals surface area contributed by atoms with E-state index in [0.717, 1.165) is 21.7 Å². The summed E-state index contributed by atoms with van der Waals surface area (Å²) in [4.78, 5) is 30.6. The molecule has 0 radical (unpaired) electrons. The summed E-state index contributed by atoms with van der Waals surface area (Å²) in [5.41, 5.74) is 5.94. The number of thiophene rings is 1. The third kappa shape index (κ3) is 3.75. The molecule has 0 aliphatic carbocycles. The van der Waals surface area contributed by atoms with E-state index in [1.54, 1.807) is 16.7 Å². The molecular weight excluding hydrogens is 358 g/mol. The summed E-state index contributed by atoms with van der Waals surface area (Å²) < 4.78 is 1.63. The molecule has 0 aliphatic rings. The van der Waals surface area contributed by atoms with Crippen molar-refractivity contribution in [3.63, 3.8) is 0 Å². The highest BCUT2D eigenvalue weighted by molar-refractivity contribution is 7.18. The Morgan fingerprint density at radius 3 is 2.68 bits per heavy atom. The average Bonchev–Trinajstić information content (AvgIpc) is 3.01. The van der Waals surface area contributed by atoms with Crippen LogP contribution >= 0.6 is 22.9 Å². The van der Waals surface area contributed by atoms with Crippen LogP contribution in [0.25, 0.3) is 21.6 Å². The summed E-state index contributed by atoms with van der Waals surface area (Å²) in [5, 5.41) is 1.25. The van der Waals surface area contributed by atoms with Crippen LogP contribution in [0.3, 0.4) is 0 Å². The van der Waals surface area contributed by atoms with Gasteiger partial charge in [0.15, 0.2) is 0 Å². The number of amides is 1. The third-order valence-corrected chi connectivity index (χ3v) is 5.38. The standard InChI is InChI=1S/C18H18ClN3O2S/c1-2-13-10-14-17(25-13)21-16(11-5-7-12(19)8-6-11)22(18(14)24)9-3-4-15(20)23/h5-8,10H,2-4,9H2,1H3,(H2,20,23). The second-order valence-corrected chi connectivity index (χ2v) is 7.31. The quantitative estimate of drug-likeness (QED) is 0.714. The van der Waals surface area contributed by atoms with Crippen molar-refractivity contribution in [2.75, 3.05) is 0 Å². The molecule has 0 fully saturated rings. The van der Waals surface area contributed by atoms with E-state index in [-0.39, 0.29) is 17.9 Å². The summed E-state index contributed by atoms with van der Waals surface area (Å²) >= 11 is 7.50. The molecule has 2 heterocycles. The predicted octanol–water partition coefficient (Wildman–Crippen LogP) is 3.61. The number of halogens is 1. The van der Waals surface area contributed by atoms with Crippen LogP contribution in [-0.2, 0) is 17.8 Å². The second-order valence-electron chi connectivity index (χ2n) is 5.75. The first-order valence-corrected chi connectivity index (χ1v) is 9.26. The fraction of sp³-hybridized carbons (Fsp3) is 0.278. The number of fused-ring (bicyclic) bond motifs is 1. The first-order valence-electron chi connectivity index (χ1n) is 8.07. The van der Waals surface area contributed by atoms with Crippen LogP contribution in [0.15, 0.2) is 35.1 Å². The van der Waals surface area contributed by atoms with Gasteiger partial charge in [-0.3, -0.25) is 14.2 Å². The SMILES string of the molecule is CCc1cc2c(=O)n(CCCC(N)=O)c(-c3ccc(Cl)cc3)nc2s1. The van der Waals surface area contributed by atoms with Crippen molar-refractivity contribution >= 4 is 39.1 Å². The molecule has 0 unspecified atom stereocenters. The summed E-state index contributed by atoms with van der Waals surface area (Å²) in [6.45, 7) is 2.44. The second kappa shape index (κ2) is 7.37. The smallest absolute Gasteiger partial charge is 0.262 e. The molecule has 0 saturated heterocycles. The number of rotatable bonds is 6. The Bertz CT molecular complexity index is 976. The van der Waals surface area contributed by atoms with Crippen molar-refractivity contribution in [2.45, 2.75) is 32.7 Å². The lowest BCUT2D eigenvalue weighted by atomic mass is 10.2. The number of aromatic nitrogens is 2. The number of primary amides is 1. The van der Waals surface area contributed by atoms with Crippen LogP contribution in [0.5, 0.6) is 0 Å². The number of carbonyl (C=O) groups excluding carboxylic acids is 1. The van der Waals surface area contributed by atoms with Gasteiger partial charge in [0.1, 0.15) is 10.7 Å². The largest absolute Gasteiger partial charge is 0.370 e. The number of hydrogen-bond acceptors (Lipinski definition) is 4. The zero-order chi connectivity index (χ0) is 18.0. The summed E-state index contributed by atoms with van der Waals surface area (Å²) in [5.74, 6) is 0.210. The Balaban J connectivity index is 2.15. The summed E-state index contributed by atoms with van der Waals surface area (Å²) in [7, 11) is 0. The molecule has 0 atom stereocenters. The van der Waals surface area contributed by atoms with Gasteiger partial charge in [-0.05, 0) is 43.2 Å². The maximum Gasteiger partial charge on any atom is 0.262 e. The Kier molecular flexibility index (Phi) is 5.20. The molecule has 0 aliphatic heterocycles. The Hall–Kier alpha value is -2.18. The van der Waals surface area contributed by atoms with Gasteiger partial charge >= 0.3 is 0 Å². The molecular formula is C18H18ClN3O2S. The van der Waals surface area contributed by atoms with Crippen LogP contribution in [0.4, 0.5) is 0 Å². The molecule has 1 amide bonds. The maximum atomic E-state index is 13.0. The van der Waals surface area contributed by atoms with Crippen LogP contribution in [0.1, 0.15) is 24.6 Å². The molecule has 130 valence electrons. The van der Waals surface area contributed by atoms with Gasteiger partial charge in [-0.25, -0.2) is 4.98 Å².